The number of nitrogens with one attached hydrogen (secondary N) is 1. The van der Waals surface area contributed by atoms with E-state index in [1.807, 2.05) is 6.92 Å². The fourth-order valence-electron chi connectivity index (χ4n) is 1.09. The molecule has 0 fully saturated rings. The van der Waals surface area contributed by atoms with Crippen molar-refractivity contribution in [3.05, 3.63) is 0 Å². The van der Waals surface area contributed by atoms with E-state index in [1.54, 1.807) is 14.2 Å². The summed E-state index contributed by atoms with van der Waals surface area (Å²) < 4.78 is 9.77. The molecule has 0 radical (unpaired) electrons. The third kappa shape index (κ3) is 7.30. The van der Waals surface area contributed by atoms with E-state index in [1.165, 1.54) is 0 Å². The molecule has 90 valence electrons. The van der Waals surface area contributed by atoms with Crippen molar-refractivity contribution in [1.82, 2.24) is 5.32 Å². The Balaban J connectivity index is 3.70. The fraction of sp³-hybridized carbons (Fsp3) is 0.900. The Hall–Kier alpha value is -0.650. The van der Waals surface area contributed by atoms with Gasteiger partial charge in [0.05, 0.1) is 6.04 Å². The monoisotopic (exact) mass is 218 g/mol. The normalized spacial score (nSPS) is 14.7. The SMILES string of the molecule is COCCC(C)NC(=O)C(N)CCOC. The summed E-state index contributed by atoms with van der Waals surface area (Å²) in [5.41, 5.74) is 5.66. The van der Waals surface area contributed by atoms with Gasteiger partial charge in [-0.15, -0.1) is 0 Å². The molecule has 0 heterocycles. The Labute approximate surface area is 91.3 Å². The molecule has 0 aliphatic rings. The number of rotatable bonds is 8. The third-order valence-electron chi connectivity index (χ3n) is 2.11. The quantitative estimate of drug-likeness (QED) is 0.596. The van der Waals surface area contributed by atoms with Gasteiger partial charge in [-0.2, -0.15) is 0 Å². The van der Waals surface area contributed by atoms with Gasteiger partial charge >= 0.3 is 0 Å². The van der Waals surface area contributed by atoms with Gasteiger partial charge in [-0.1, -0.05) is 0 Å². The van der Waals surface area contributed by atoms with Crippen LogP contribution in [0.1, 0.15) is 19.8 Å². The molecule has 5 nitrogen and oxygen atoms in total. The summed E-state index contributed by atoms with van der Waals surface area (Å²) >= 11 is 0. The van der Waals surface area contributed by atoms with E-state index in [9.17, 15) is 4.79 Å². The first kappa shape index (κ1) is 14.3. The predicted octanol–water partition coefficient (Wildman–Crippen LogP) is -0.109. The van der Waals surface area contributed by atoms with E-state index in [-0.39, 0.29) is 11.9 Å². The van der Waals surface area contributed by atoms with Crippen molar-refractivity contribution in [3.63, 3.8) is 0 Å². The summed E-state index contributed by atoms with van der Waals surface area (Å²) in [6, 6.07) is -0.402. The summed E-state index contributed by atoms with van der Waals surface area (Å²) in [5, 5.41) is 2.82. The van der Waals surface area contributed by atoms with Gasteiger partial charge in [-0.05, 0) is 19.8 Å². The number of methoxy groups -OCH3 is 2. The Morgan fingerprint density at radius 3 is 2.33 bits per heavy atom. The molecule has 0 aliphatic heterocycles. The Morgan fingerprint density at radius 2 is 1.80 bits per heavy atom. The molecule has 0 aromatic rings. The molecule has 0 spiro atoms. The molecular formula is C10H22N2O3. The fourth-order valence-corrected chi connectivity index (χ4v) is 1.09. The Morgan fingerprint density at radius 1 is 1.27 bits per heavy atom. The average Bonchev–Trinajstić information content (AvgIpc) is 2.22. The summed E-state index contributed by atoms with van der Waals surface area (Å²) in [7, 11) is 3.23. The lowest BCUT2D eigenvalue weighted by Gasteiger charge is -2.16. The van der Waals surface area contributed by atoms with Gasteiger partial charge in [0, 0.05) is 33.5 Å². The molecule has 2 atom stereocenters. The molecule has 0 bridgehead atoms. The zero-order chi connectivity index (χ0) is 11.7. The van der Waals surface area contributed by atoms with E-state index >= 15 is 0 Å². The van der Waals surface area contributed by atoms with Crippen LogP contribution in [0.4, 0.5) is 0 Å². The third-order valence-corrected chi connectivity index (χ3v) is 2.11. The highest BCUT2D eigenvalue weighted by Crippen LogP contribution is 1.94. The highest BCUT2D eigenvalue weighted by molar-refractivity contribution is 5.81. The van der Waals surface area contributed by atoms with Crippen LogP contribution >= 0.6 is 0 Å². The second-order valence-corrected chi connectivity index (χ2v) is 3.58. The van der Waals surface area contributed by atoms with Crippen molar-refractivity contribution in [1.29, 1.82) is 0 Å². The molecule has 2 unspecified atom stereocenters. The van der Waals surface area contributed by atoms with Gasteiger partial charge < -0.3 is 20.5 Å². The van der Waals surface area contributed by atoms with Crippen molar-refractivity contribution in [2.75, 3.05) is 27.4 Å². The lowest BCUT2D eigenvalue weighted by Crippen LogP contribution is -2.45. The smallest absolute Gasteiger partial charge is 0.237 e. The van der Waals surface area contributed by atoms with Crippen LogP contribution in [-0.2, 0) is 14.3 Å². The molecule has 5 heteroatoms. The zero-order valence-electron chi connectivity index (χ0n) is 9.79. The molecular weight excluding hydrogens is 196 g/mol. The van der Waals surface area contributed by atoms with Crippen molar-refractivity contribution in [3.8, 4) is 0 Å². The van der Waals surface area contributed by atoms with Crippen LogP contribution in [0.2, 0.25) is 0 Å². The molecule has 1 amide bonds. The molecule has 0 aliphatic carbocycles. The van der Waals surface area contributed by atoms with Crippen molar-refractivity contribution >= 4 is 5.91 Å². The van der Waals surface area contributed by atoms with Gasteiger partial charge in [0.15, 0.2) is 0 Å². The van der Waals surface area contributed by atoms with E-state index in [2.05, 4.69) is 5.32 Å². The molecule has 0 rings (SSSR count). The van der Waals surface area contributed by atoms with E-state index < -0.39 is 6.04 Å². The molecule has 0 aromatic heterocycles. The minimum Gasteiger partial charge on any atom is -0.385 e. The number of carbonyl (C=O) groups is 1. The van der Waals surface area contributed by atoms with Crippen molar-refractivity contribution in [2.45, 2.75) is 31.8 Å². The number of hydrogen-bond acceptors (Lipinski definition) is 4. The van der Waals surface area contributed by atoms with Crippen LogP contribution in [0.3, 0.4) is 0 Å². The van der Waals surface area contributed by atoms with E-state index in [4.69, 9.17) is 15.2 Å². The van der Waals surface area contributed by atoms with Crippen molar-refractivity contribution in [2.24, 2.45) is 5.73 Å². The second-order valence-electron chi connectivity index (χ2n) is 3.58. The topological polar surface area (TPSA) is 73.6 Å². The van der Waals surface area contributed by atoms with Gasteiger partial charge in [0.25, 0.3) is 0 Å². The van der Waals surface area contributed by atoms with Gasteiger partial charge in [0.2, 0.25) is 5.91 Å². The summed E-state index contributed by atoms with van der Waals surface area (Å²) in [6.07, 6.45) is 1.33. The number of ether oxygens (including phenoxy) is 2. The molecule has 0 aromatic carbocycles. The first-order valence-corrected chi connectivity index (χ1v) is 5.15. The zero-order valence-corrected chi connectivity index (χ0v) is 9.79. The standard InChI is InChI=1S/C10H22N2O3/c1-8(4-6-14-2)12-10(13)9(11)5-7-15-3/h8-9H,4-7,11H2,1-3H3,(H,12,13). The summed E-state index contributed by atoms with van der Waals surface area (Å²) in [4.78, 5) is 11.5. The Bertz CT molecular complexity index is 176. The van der Waals surface area contributed by atoms with Crippen LogP contribution in [0, 0.1) is 0 Å². The number of carbonyl (C=O) groups excluding carboxylic acids is 1. The van der Waals surface area contributed by atoms with Crippen LogP contribution in [0.25, 0.3) is 0 Å². The van der Waals surface area contributed by atoms with Gasteiger partial charge in [-0.25, -0.2) is 0 Å². The first-order chi connectivity index (χ1) is 7.11. The van der Waals surface area contributed by atoms with Crippen LogP contribution in [0.5, 0.6) is 0 Å². The molecule has 0 saturated carbocycles. The maximum Gasteiger partial charge on any atom is 0.237 e. The van der Waals surface area contributed by atoms with Gasteiger partial charge in [-0.3, -0.25) is 4.79 Å². The number of hydrogen-bond donors (Lipinski definition) is 2. The maximum atomic E-state index is 11.5. The highest BCUT2D eigenvalue weighted by Gasteiger charge is 2.14. The molecule has 0 saturated heterocycles. The van der Waals surface area contributed by atoms with Crippen LogP contribution < -0.4 is 11.1 Å². The summed E-state index contributed by atoms with van der Waals surface area (Å²) in [6.45, 7) is 3.07. The lowest BCUT2D eigenvalue weighted by atomic mass is 10.2. The lowest BCUT2D eigenvalue weighted by molar-refractivity contribution is -0.123. The average molecular weight is 218 g/mol. The van der Waals surface area contributed by atoms with Crippen LogP contribution in [-0.4, -0.2) is 45.4 Å². The van der Waals surface area contributed by atoms with Gasteiger partial charge in [0.1, 0.15) is 0 Å². The minimum atomic E-state index is -0.491. The van der Waals surface area contributed by atoms with E-state index in [0.717, 1.165) is 6.42 Å². The second kappa shape index (κ2) is 8.64. The predicted molar refractivity (Wildman–Crippen MR) is 58.6 cm³/mol. The Kier molecular flexibility index (Phi) is 8.27. The minimum absolute atomic E-state index is 0.0889. The van der Waals surface area contributed by atoms with E-state index in [0.29, 0.717) is 19.6 Å². The number of nitrogens with two attached hydrogens (primary N) is 1. The molecule has 3 N–H and O–H groups in total. The van der Waals surface area contributed by atoms with Crippen LogP contribution in [0.15, 0.2) is 0 Å². The largest absolute Gasteiger partial charge is 0.385 e. The summed E-state index contributed by atoms with van der Waals surface area (Å²) in [5.74, 6) is -0.129. The first-order valence-electron chi connectivity index (χ1n) is 5.15. The number of amides is 1. The highest BCUT2D eigenvalue weighted by atomic mass is 16.5. The maximum absolute atomic E-state index is 11.5. The molecule has 15 heavy (non-hydrogen) atoms. The van der Waals surface area contributed by atoms with Crippen molar-refractivity contribution < 1.29 is 14.3 Å².